The first-order chi connectivity index (χ1) is 10.3. The van der Waals surface area contributed by atoms with Gasteiger partial charge in [0.1, 0.15) is 0 Å². The molecule has 1 fully saturated rings. The van der Waals surface area contributed by atoms with Crippen LogP contribution in [-0.4, -0.2) is 0 Å². The maximum absolute atomic E-state index is 2.40. The molecule has 1 saturated carbocycles. The SMILES string of the molecule is CC1=CC=C2C(=CC=C1)C(C)(c1ccc(C)cc1)CC2(C)C. The number of benzene rings is 1. The van der Waals surface area contributed by atoms with E-state index in [-0.39, 0.29) is 10.8 Å². The molecule has 0 amide bonds. The van der Waals surface area contributed by atoms with Crippen LogP contribution in [0.4, 0.5) is 0 Å². The Bertz CT molecular complexity index is 705. The predicted octanol–water partition coefficient (Wildman–Crippen LogP) is 6.05. The summed E-state index contributed by atoms with van der Waals surface area (Å²) in [5.74, 6) is 0. The molecule has 114 valence electrons. The minimum Gasteiger partial charge on any atom is -0.0617 e. The molecule has 0 N–H and O–H groups in total. The van der Waals surface area contributed by atoms with Gasteiger partial charge in [-0.3, -0.25) is 0 Å². The van der Waals surface area contributed by atoms with E-state index in [0.29, 0.717) is 0 Å². The van der Waals surface area contributed by atoms with E-state index < -0.39 is 0 Å². The van der Waals surface area contributed by atoms with Crippen LogP contribution >= 0.6 is 0 Å². The molecule has 1 atom stereocenters. The van der Waals surface area contributed by atoms with Gasteiger partial charge in [0.05, 0.1) is 0 Å². The van der Waals surface area contributed by atoms with Crippen LogP contribution in [0.25, 0.3) is 0 Å². The first-order valence-electron chi connectivity index (χ1n) is 8.18. The molecule has 0 bridgehead atoms. The summed E-state index contributed by atoms with van der Waals surface area (Å²) in [6.45, 7) is 11.5. The van der Waals surface area contributed by atoms with Crippen LogP contribution in [-0.2, 0) is 5.41 Å². The van der Waals surface area contributed by atoms with Crippen molar-refractivity contribution in [3.63, 3.8) is 0 Å². The van der Waals surface area contributed by atoms with E-state index >= 15 is 0 Å². The lowest BCUT2D eigenvalue weighted by molar-refractivity contribution is 0.389. The second-order valence-corrected chi connectivity index (χ2v) is 7.69. The van der Waals surface area contributed by atoms with Crippen molar-refractivity contribution < 1.29 is 0 Å². The third-order valence-corrected chi connectivity index (χ3v) is 5.23. The molecule has 2 aliphatic carbocycles. The monoisotopic (exact) mass is 290 g/mol. The Labute approximate surface area is 135 Å². The Morgan fingerprint density at radius 3 is 2.18 bits per heavy atom. The second kappa shape index (κ2) is 5.12. The van der Waals surface area contributed by atoms with Crippen molar-refractivity contribution in [2.75, 3.05) is 0 Å². The third-order valence-electron chi connectivity index (χ3n) is 5.23. The molecular weight excluding hydrogens is 264 g/mol. The van der Waals surface area contributed by atoms with Crippen molar-refractivity contribution in [2.24, 2.45) is 5.41 Å². The van der Waals surface area contributed by atoms with Crippen LogP contribution in [0.1, 0.15) is 45.2 Å². The van der Waals surface area contributed by atoms with Gasteiger partial charge < -0.3 is 0 Å². The van der Waals surface area contributed by atoms with Crippen molar-refractivity contribution in [1.29, 1.82) is 0 Å². The average Bonchev–Trinajstić information content (AvgIpc) is 2.61. The van der Waals surface area contributed by atoms with E-state index in [1.165, 1.54) is 27.8 Å². The number of fused-ring (bicyclic) bond motifs is 1. The quantitative estimate of drug-likeness (QED) is 0.590. The van der Waals surface area contributed by atoms with Gasteiger partial charge in [-0.1, -0.05) is 86.6 Å². The van der Waals surface area contributed by atoms with Crippen molar-refractivity contribution in [3.8, 4) is 0 Å². The smallest absolute Gasteiger partial charge is 0.0185 e. The van der Waals surface area contributed by atoms with Crippen molar-refractivity contribution in [3.05, 3.63) is 82.5 Å². The highest BCUT2D eigenvalue weighted by Crippen LogP contribution is 2.57. The summed E-state index contributed by atoms with van der Waals surface area (Å²) < 4.78 is 0. The standard InChI is InChI=1S/C22H26/c1-16-7-6-8-20-19(14-11-16)21(3,4)15-22(20,5)18-12-9-17(2)10-13-18/h6-14H,15H2,1-5H3. The summed E-state index contributed by atoms with van der Waals surface area (Å²) in [5.41, 5.74) is 7.31. The van der Waals surface area contributed by atoms with Gasteiger partial charge in [-0.25, -0.2) is 0 Å². The Hall–Kier alpha value is -1.82. The molecule has 0 heterocycles. The molecule has 0 radical (unpaired) electrons. The summed E-state index contributed by atoms with van der Waals surface area (Å²) in [5, 5.41) is 0. The van der Waals surface area contributed by atoms with E-state index in [4.69, 9.17) is 0 Å². The van der Waals surface area contributed by atoms with Crippen molar-refractivity contribution >= 4 is 0 Å². The number of hydrogen-bond acceptors (Lipinski definition) is 0. The van der Waals surface area contributed by atoms with Gasteiger partial charge in [-0.05, 0) is 42.4 Å². The topological polar surface area (TPSA) is 0 Å². The van der Waals surface area contributed by atoms with Gasteiger partial charge in [-0.2, -0.15) is 0 Å². The molecule has 0 spiro atoms. The normalized spacial score (nSPS) is 26.5. The second-order valence-electron chi connectivity index (χ2n) is 7.69. The highest BCUT2D eigenvalue weighted by molar-refractivity contribution is 5.57. The number of allylic oxidation sites excluding steroid dienone is 8. The number of hydrogen-bond donors (Lipinski definition) is 0. The molecule has 0 heteroatoms. The van der Waals surface area contributed by atoms with Crippen LogP contribution in [0.5, 0.6) is 0 Å². The van der Waals surface area contributed by atoms with E-state index in [0.717, 1.165) is 6.42 Å². The lowest BCUT2D eigenvalue weighted by Crippen LogP contribution is -2.21. The van der Waals surface area contributed by atoms with Crippen molar-refractivity contribution in [2.45, 2.75) is 46.5 Å². The Kier molecular flexibility index (Phi) is 3.51. The molecule has 3 rings (SSSR count). The zero-order valence-corrected chi connectivity index (χ0v) is 14.4. The maximum atomic E-state index is 2.40. The maximum Gasteiger partial charge on any atom is 0.0185 e. The van der Waals surface area contributed by atoms with Crippen LogP contribution in [0.3, 0.4) is 0 Å². The minimum atomic E-state index is 0.0897. The van der Waals surface area contributed by atoms with E-state index in [1.54, 1.807) is 0 Å². The fraction of sp³-hybridized carbons (Fsp3) is 0.364. The molecule has 0 aliphatic heterocycles. The van der Waals surface area contributed by atoms with E-state index in [2.05, 4.69) is 89.3 Å². The highest BCUT2D eigenvalue weighted by Gasteiger charge is 2.47. The molecule has 1 unspecified atom stereocenters. The molecule has 0 nitrogen and oxygen atoms in total. The number of rotatable bonds is 1. The first kappa shape index (κ1) is 15.1. The summed E-state index contributed by atoms with van der Waals surface area (Å²) in [7, 11) is 0. The molecule has 1 aromatic carbocycles. The Balaban J connectivity index is 2.17. The molecule has 0 aromatic heterocycles. The minimum absolute atomic E-state index is 0.0897. The lowest BCUT2D eigenvalue weighted by Gasteiger charge is -2.28. The summed E-state index contributed by atoms with van der Waals surface area (Å²) >= 11 is 0. The molecular formula is C22H26. The molecule has 0 saturated heterocycles. The van der Waals surface area contributed by atoms with Gasteiger partial charge in [0.2, 0.25) is 0 Å². The van der Waals surface area contributed by atoms with Crippen LogP contribution < -0.4 is 0 Å². The van der Waals surface area contributed by atoms with Gasteiger partial charge in [0, 0.05) is 5.41 Å². The average molecular weight is 290 g/mol. The Morgan fingerprint density at radius 1 is 0.818 bits per heavy atom. The Morgan fingerprint density at radius 2 is 1.50 bits per heavy atom. The largest absolute Gasteiger partial charge is 0.0617 e. The molecule has 22 heavy (non-hydrogen) atoms. The summed E-state index contributed by atoms with van der Waals surface area (Å²) in [6, 6.07) is 9.08. The predicted molar refractivity (Wildman–Crippen MR) is 96.0 cm³/mol. The first-order valence-corrected chi connectivity index (χ1v) is 8.18. The van der Waals surface area contributed by atoms with E-state index in [9.17, 15) is 0 Å². The zero-order valence-electron chi connectivity index (χ0n) is 14.4. The lowest BCUT2D eigenvalue weighted by atomic mass is 9.75. The zero-order chi connectivity index (χ0) is 16.0. The summed E-state index contributed by atoms with van der Waals surface area (Å²) in [4.78, 5) is 0. The molecule has 1 aromatic rings. The fourth-order valence-corrected chi connectivity index (χ4v) is 4.07. The third kappa shape index (κ3) is 2.41. The van der Waals surface area contributed by atoms with Gasteiger partial charge >= 0.3 is 0 Å². The summed E-state index contributed by atoms with van der Waals surface area (Å²) in [6.07, 6.45) is 12.5. The van der Waals surface area contributed by atoms with Gasteiger partial charge in [0.15, 0.2) is 0 Å². The van der Waals surface area contributed by atoms with Gasteiger partial charge in [0.25, 0.3) is 0 Å². The van der Waals surface area contributed by atoms with Crippen LogP contribution in [0.15, 0.2) is 71.4 Å². The van der Waals surface area contributed by atoms with Gasteiger partial charge in [-0.15, -0.1) is 0 Å². The van der Waals surface area contributed by atoms with Crippen LogP contribution in [0, 0.1) is 12.3 Å². The fourth-order valence-electron chi connectivity index (χ4n) is 4.07. The highest BCUT2D eigenvalue weighted by atomic mass is 14.5. The van der Waals surface area contributed by atoms with E-state index in [1.807, 2.05) is 0 Å². The molecule has 2 aliphatic rings. The van der Waals surface area contributed by atoms with Crippen LogP contribution in [0.2, 0.25) is 0 Å². The number of aryl methyl sites for hydroxylation is 1. The van der Waals surface area contributed by atoms with Crippen molar-refractivity contribution in [1.82, 2.24) is 0 Å².